The van der Waals surface area contributed by atoms with Gasteiger partial charge in [0.2, 0.25) is 0 Å². The van der Waals surface area contributed by atoms with Crippen molar-refractivity contribution in [2.24, 2.45) is 0 Å². The Morgan fingerprint density at radius 3 is 0.870 bits per heavy atom. The molecule has 2 aliphatic rings. The minimum Gasteiger partial charge on any atom is -0.462 e. The average molecular weight is 1270 g/mol. The van der Waals surface area contributed by atoms with Crippen molar-refractivity contribution in [1.82, 2.24) is 39.9 Å². The first-order chi connectivity index (χ1) is 44.4. The van der Waals surface area contributed by atoms with Crippen LogP contribution in [0, 0.1) is 0 Å². The minimum atomic E-state index is -0.784. The van der Waals surface area contributed by atoms with Crippen molar-refractivity contribution in [2.45, 2.75) is 163 Å². The molecule has 8 bridgehead atoms. The second-order valence-electron chi connectivity index (χ2n) is 23.6. The van der Waals surface area contributed by atoms with Gasteiger partial charge in [-0.1, -0.05) is 101 Å². The number of nitrogens with one attached hydrogen (secondary N) is 2. The van der Waals surface area contributed by atoms with Crippen molar-refractivity contribution in [1.29, 1.82) is 0 Å². The molecule has 0 unspecified atom stereocenters. The third kappa shape index (κ3) is 15.1. The van der Waals surface area contributed by atoms with Crippen LogP contribution in [0.15, 0.2) is 53.4 Å². The molecule has 3 aromatic heterocycles. The number of hydrogen-bond donors (Lipinski definition) is 2. The average Bonchev–Trinajstić information content (AvgIpc) is 1.58. The second-order valence-corrected chi connectivity index (χ2v) is 25.5. The molecule has 4 aromatic carbocycles. The van der Waals surface area contributed by atoms with Gasteiger partial charge in [0.25, 0.3) is 0 Å². The molecule has 0 radical (unpaired) electrons. The van der Waals surface area contributed by atoms with Gasteiger partial charge in [0, 0.05) is 66.5 Å². The van der Waals surface area contributed by atoms with Crippen LogP contribution in [-0.2, 0) is 28.4 Å². The van der Waals surface area contributed by atoms with Crippen LogP contribution >= 0.6 is 11.8 Å². The summed E-state index contributed by atoms with van der Waals surface area (Å²) in [6.07, 6.45) is 7.93. The van der Waals surface area contributed by atoms with Crippen LogP contribution in [0.5, 0.6) is 0 Å². The van der Waals surface area contributed by atoms with Crippen LogP contribution in [0.2, 0.25) is 0 Å². The van der Waals surface area contributed by atoms with Crippen molar-refractivity contribution < 1.29 is 57.2 Å². The predicted octanol–water partition coefficient (Wildman–Crippen LogP) is 15.3. The van der Waals surface area contributed by atoms with Crippen LogP contribution in [0.3, 0.4) is 0 Å². The normalized spacial score (nSPS) is 11.7. The Kier molecular flexibility index (Phi) is 22.5. The first-order valence-electron chi connectivity index (χ1n) is 32.4. The third-order valence-electron chi connectivity index (χ3n) is 15.6. The molecular formula is C70H83N9O12S. The number of anilines is 1. The quantitative estimate of drug-likeness (QED) is 0.0200. The Labute approximate surface area is 539 Å². The highest BCUT2D eigenvalue weighted by atomic mass is 32.2. The van der Waals surface area contributed by atoms with Gasteiger partial charge < -0.3 is 43.3 Å². The number of H-pyrrole nitrogens is 2. The van der Waals surface area contributed by atoms with Crippen LogP contribution in [0.4, 0.5) is 5.69 Å². The zero-order valence-electron chi connectivity index (χ0n) is 54.7. The van der Waals surface area contributed by atoms with Gasteiger partial charge in [-0.25, -0.2) is 58.7 Å². The van der Waals surface area contributed by atoms with E-state index in [-0.39, 0.29) is 135 Å². The van der Waals surface area contributed by atoms with E-state index in [1.807, 2.05) is 41.5 Å². The van der Waals surface area contributed by atoms with E-state index in [1.165, 1.54) is 24.3 Å². The fourth-order valence-corrected chi connectivity index (χ4v) is 11.6. The highest BCUT2D eigenvalue weighted by molar-refractivity contribution is 8.00. The number of carbonyl (C=O) groups is 6. The number of thioether (sulfide) groups is 1. The Bertz CT molecular complexity index is 4130. The first kappa shape index (κ1) is 67.6. The van der Waals surface area contributed by atoms with E-state index in [2.05, 4.69) is 61.6 Å². The van der Waals surface area contributed by atoms with Gasteiger partial charge >= 0.3 is 35.8 Å². The summed E-state index contributed by atoms with van der Waals surface area (Å²) in [6, 6.07) is 13.2. The molecule has 9 rings (SSSR count). The van der Waals surface area contributed by atoms with E-state index in [4.69, 9.17) is 58.3 Å². The van der Waals surface area contributed by atoms with Crippen molar-refractivity contribution in [3.8, 4) is 45.6 Å². The summed E-state index contributed by atoms with van der Waals surface area (Å²) >= 11 is 1.69. The molecule has 21 nitrogen and oxygen atoms in total. The topological polar surface area (TPSA) is 270 Å². The van der Waals surface area contributed by atoms with Crippen molar-refractivity contribution >= 4 is 97.4 Å². The number of aromatic amines is 2. The van der Waals surface area contributed by atoms with E-state index < -0.39 is 35.8 Å². The molecular weight excluding hydrogens is 1190 g/mol. The molecule has 92 heavy (non-hydrogen) atoms. The highest BCUT2D eigenvalue weighted by Gasteiger charge is 2.32. The van der Waals surface area contributed by atoms with Gasteiger partial charge in [-0.15, -0.1) is 11.8 Å². The van der Waals surface area contributed by atoms with Crippen LogP contribution < -0.4 is 4.90 Å². The molecule has 0 saturated carbocycles. The molecule has 22 heteroatoms. The molecule has 0 amide bonds. The van der Waals surface area contributed by atoms with Gasteiger partial charge in [-0.05, 0) is 101 Å². The molecule has 0 fully saturated rings. The van der Waals surface area contributed by atoms with E-state index >= 15 is 0 Å². The Morgan fingerprint density at radius 1 is 0.370 bits per heavy atom. The minimum absolute atomic E-state index is 0.00537. The number of esters is 6. The zero-order chi connectivity index (χ0) is 65.8. The molecule has 0 spiro atoms. The summed E-state index contributed by atoms with van der Waals surface area (Å²) in [4.78, 5) is 127. The Morgan fingerprint density at radius 2 is 0.620 bits per heavy atom. The smallest absolute Gasteiger partial charge is 0.339 e. The van der Waals surface area contributed by atoms with Gasteiger partial charge in [0.15, 0.2) is 23.3 Å². The van der Waals surface area contributed by atoms with E-state index in [0.29, 0.717) is 84.3 Å². The lowest BCUT2D eigenvalue weighted by Crippen LogP contribution is -2.23. The lowest BCUT2D eigenvalue weighted by atomic mass is 9.98. The molecule has 0 aliphatic carbocycles. The van der Waals surface area contributed by atoms with Crippen molar-refractivity contribution in [2.75, 3.05) is 57.6 Å². The number of benzene rings is 4. The largest absolute Gasteiger partial charge is 0.462 e. The molecule has 0 saturated heterocycles. The summed E-state index contributed by atoms with van der Waals surface area (Å²) in [5.41, 5.74) is 2.75. The molecule has 0 atom stereocenters. The lowest BCUT2D eigenvalue weighted by molar-refractivity contribution is 0.0452. The predicted molar refractivity (Wildman–Crippen MR) is 356 cm³/mol. The highest BCUT2D eigenvalue weighted by Crippen LogP contribution is 2.46. The summed E-state index contributed by atoms with van der Waals surface area (Å²) < 4.78 is 34.5. The summed E-state index contributed by atoms with van der Waals surface area (Å²) in [5, 5.41) is 1.33. The van der Waals surface area contributed by atoms with Gasteiger partial charge in [0.1, 0.15) is 22.6 Å². The number of hydrogen-bond acceptors (Lipinski definition) is 20. The van der Waals surface area contributed by atoms with Crippen LogP contribution in [-0.4, -0.2) is 133 Å². The Hall–Kier alpha value is -8.79. The number of ether oxygens (including phenoxy) is 6. The van der Waals surface area contributed by atoms with Gasteiger partial charge in [-0.3, -0.25) is 0 Å². The van der Waals surface area contributed by atoms with Crippen molar-refractivity contribution in [3.05, 3.63) is 81.9 Å². The molecule has 5 heterocycles. The monoisotopic (exact) mass is 1270 g/mol. The summed E-state index contributed by atoms with van der Waals surface area (Å²) in [5.74, 6) is -4.14. The molecule has 7 aromatic rings. The van der Waals surface area contributed by atoms with Gasteiger partial charge in [0.05, 0.1) is 78.7 Å². The van der Waals surface area contributed by atoms with Crippen LogP contribution in [0.1, 0.15) is 215 Å². The number of carbonyl (C=O) groups excluding carboxylic acids is 6. The second kappa shape index (κ2) is 30.6. The fraction of sp³-hybridized carbons (Fsp3) is 0.457. The Balaban J connectivity index is 1.49. The zero-order valence-corrected chi connectivity index (χ0v) is 55.5. The lowest BCUT2D eigenvalue weighted by Gasteiger charge is -2.27. The molecule has 2 N–H and O–H groups in total. The standard InChI is InChI=1S/C70H83N9O12S/c1-12-20-26-86-64(80)48-32-40-41(33-49(48)65(81)87-27-21-13-2)57-71-56(40)72-58-42-34-50(66(82)88-28-22-14-3)52(68(84)90-30-24-16-5)36-44(42)60(74-58)76-62-46-38-54(79(18-7)19-8)55(92-70(9,10)11)39-47(46)63(78-62)77-61-45-37-53(69(85)91-31-25-17-6)51(67(83)89-29-23-15-4)35-43(45)59(73-57)75-61/h32-39H,12-31H2,1-11H3,(H2,71,72,73,74,75,76,77,78). The van der Waals surface area contributed by atoms with E-state index in [1.54, 1.807) is 23.9 Å². The van der Waals surface area contributed by atoms with Gasteiger partial charge in [-0.2, -0.15) is 0 Å². The van der Waals surface area contributed by atoms with E-state index in [9.17, 15) is 28.8 Å². The number of fused-ring (bicyclic) bond motifs is 20. The van der Waals surface area contributed by atoms with Crippen molar-refractivity contribution in [3.63, 3.8) is 0 Å². The first-order valence-corrected chi connectivity index (χ1v) is 33.2. The SMILES string of the molecule is CCCCOC(=O)c1cc2c(cc1C(=O)OCCCC)-c1nc-2nc2[nH]c(nc3nc(nc4[nH]c(n1)c1cc(C(=O)OCCCC)c(C(=O)OCCCC)cc41)-c1cc(N(CC)CC)c(SC(C)(C)C)cc1-3)c1cc(C(=O)OCCCC)c(C(=O)OCCCC)cc21. The fourth-order valence-electron chi connectivity index (χ4n) is 10.5. The number of rotatable bonds is 28. The molecule has 2 aliphatic heterocycles. The number of aromatic nitrogens is 8. The maximum atomic E-state index is 14.3. The maximum absolute atomic E-state index is 14.3. The van der Waals surface area contributed by atoms with Crippen LogP contribution in [0.25, 0.3) is 89.7 Å². The number of nitrogens with zero attached hydrogens (tertiary/aromatic N) is 7. The van der Waals surface area contributed by atoms with E-state index in [0.717, 1.165) is 49.1 Å². The molecule has 486 valence electrons. The maximum Gasteiger partial charge on any atom is 0.339 e. The number of unbranched alkanes of at least 4 members (excludes halogenated alkanes) is 6. The summed E-state index contributed by atoms with van der Waals surface area (Å²) in [7, 11) is 0. The third-order valence-corrected chi connectivity index (χ3v) is 16.7. The summed E-state index contributed by atoms with van der Waals surface area (Å²) in [6.45, 7) is 24.3.